The van der Waals surface area contributed by atoms with Gasteiger partial charge in [-0.05, 0) is 67.7 Å². The molecule has 2 saturated carbocycles. The molecule has 0 spiro atoms. The highest BCUT2D eigenvalue weighted by Gasteiger charge is 2.42. The molecule has 2 N–H and O–H groups in total. The first kappa shape index (κ1) is 15.4. The van der Waals surface area contributed by atoms with E-state index in [2.05, 4.69) is 17.6 Å². The van der Waals surface area contributed by atoms with Crippen LogP contribution in [0.2, 0.25) is 5.02 Å². The van der Waals surface area contributed by atoms with Crippen molar-refractivity contribution in [3.63, 3.8) is 0 Å². The summed E-state index contributed by atoms with van der Waals surface area (Å²) in [6, 6.07) is 7.63. The van der Waals surface area contributed by atoms with E-state index in [1.54, 1.807) is 6.20 Å². The van der Waals surface area contributed by atoms with E-state index in [4.69, 9.17) is 11.6 Å². The zero-order chi connectivity index (χ0) is 15.5. The Labute approximate surface area is 137 Å². The molecule has 118 valence electrons. The van der Waals surface area contributed by atoms with Crippen LogP contribution < -0.4 is 10.6 Å². The zero-order valence-corrected chi connectivity index (χ0v) is 13.6. The number of fused-ring (bicyclic) bond motifs is 2. The number of hydrogen-bond acceptors (Lipinski definition) is 1. The van der Waals surface area contributed by atoms with Crippen LogP contribution >= 0.6 is 11.6 Å². The average molecular weight is 319 g/mol. The van der Waals surface area contributed by atoms with Crippen LogP contribution in [0.4, 0.5) is 4.79 Å². The van der Waals surface area contributed by atoms with E-state index in [1.807, 2.05) is 30.3 Å². The molecule has 4 heteroatoms. The fourth-order valence-corrected chi connectivity index (χ4v) is 4.28. The second kappa shape index (κ2) is 6.74. The third-order valence-electron chi connectivity index (χ3n) is 5.13. The minimum absolute atomic E-state index is 0.131. The molecule has 0 radical (unpaired) electrons. The Kier molecular flexibility index (Phi) is 4.72. The van der Waals surface area contributed by atoms with Crippen LogP contribution in [0.5, 0.6) is 0 Å². The summed E-state index contributed by atoms with van der Waals surface area (Å²) >= 11 is 5.93. The van der Waals surface area contributed by atoms with Crippen molar-refractivity contribution in [2.24, 2.45) is 17.8 Å². The number of rotatable bonds is 4. The Morgan fingerprint density at radius 2 is 2.23 bits per heavy atom. The van der Waals surface area contributed by atoms with E-state index in [9.17, 15) is 4.79 Å². The quantitative estimate of drug-likeness (QED) is 0.847. The summed E-state index contributed by atoms with van der Waals surface area (Å²) < 4.78 is 0. The summed E-state index contributed by atoms with van der Waals surface area (Å²) in [5.74, 6) is 2.38. The highest BCUT2D eigenvalue weighted by atomic mass is 35.5. The van der Waals surface area contributed by atoms with Crippen molar-refractivity contribution >= 4 is 23.7 Å². The normalized spacial score (nSPS) is 28.0. The minimum Gasteiger partial charge on any atom is -0.335 e. The topological polar surface area (TPSA) is 41.1 Å². The van der Waals surface area contributed by atoms with Gasteiger partial charge in [-0.25, -0.2) is 4.79 Å². The van der Waals surface area contributed by atoms with Gasteiger partial charge in [0.1, 0.15) is 0 Å². The minimum atomic E-state index is -0.131. The first-order chi connectivity index (χ1) is 10.6. The van der Waals surface area contributed by atoms with Gasteiger partial charge < -0.3 is 10.6 Å². The number of hydrogen-bond donors (Lipinski definition) is 2. The lowest BCUT2D eigenvalue weighted by molar-refractivity contribution is 0.223. The molecule has 1 aromatic rings. The lowest BCUT2D eigenvalue weighted by Crippen LogP contribution is -2.43. The van der Waals surface area contributed by atoms with Crippen LogP contribution in [0, 0.1) is 17.8 Å². The van der Waals surface area contributed by atoms with E-state index in [0.717, 1.165) is 17.4 Å². The largest absolute Gasteiger partial charge is 0.335 e. The van der Waals surface area contributed by atoms with E-state index in [0.29, 0.717) is 10.9 Å². The summed E-state index contributed by atoms with van der Waals surface area (Å²) in [7, 11) is 0. The van der Waals surface area contributed by atoms with Crippen LogP contribution in [0.25, 0.3) is 6.08 Å². The Hall–Kier alpha value is -1.48. The molecule has 0 aliphatic heterocycles. The van der Waals surface area contributed by atoms with Gasteiger partial charge in [0.25, 0.3) is 0 Å². The van der Waals surface area contributed by atoms with Crippen LogP contribution in [0.3, 0.4) is 0 Å². The van der Waals surface area contributed by atoms with Crippen molar-refractivity contribution in [1.29, 1.82) is 0 Å². The lowest BCUT2D eigenvalue weighted by Gasteiger charge is -2.28. The summed E-state index contributed by atoms with van der Waals surface area (Å²) in [4.78, 5) is 12.0. The molecule has 2 fully saturated rings. The molecule has 4 unspecified atom stereocenters. The Bertz CT molecular complexity index is 572. The molecule has 22 heavy (non-hydrogen) atoms. The maximum atomic E-state index is 12.0. The maximum Gasteiger partial charge on any atom is 0.318 e. The van der Waals surface area contributed by atoms with E-state index in [1.165, 1.54) is 25.7 Å². The molecule has 4 atom stereocenters. The molecule has 2 bridgehead atoms. The molecule has 0 heterocycles. The summed E-state index contributed by atoms with van der Waals surface area (Å²) in [6.45, 7) is 2.13. The SMILES string of the molecule is CC(NC(=O)N/C=C/c1cccc(Cl)c1)C1CC2CCC1C2. The van der Waals surface area contributed by atoms with Crippen molar-refractivity contribution in [1.82, 2.24) is 10.6 Å². The fourth-order valence-electron chi connectivity index (χ4n) is 4.09. The van der Waals surface area contributed by atoms with E-state index in [-0.39, 0.29) is 12.1 Å². The summed E-state index contributed by atoms with van der Waals surface area (Å²) in [6.07, 6.45) is 8.89. The van der Waals surface area contributed by atoms with Crippen LogP contribution in [-0.4, -0.2) is 12.1 Å². The van der Waals surface area contributed by atoms with Gasteiger partial charge in [0, 0.05) is 17.3 Å². The van der Waals surface area contributed by atoms with Gasteiger partial charge in [0.05, 0.1) is 0 Å². The Morgan fingerprint density at radius 3 is 2.91 bits per heavy atom. The van der Waals surface area contributed by atoms with Gasteiger partial charge in [-0.1, -0.05) is 30.2 Å². The highest BCUT2D eigenvalue weighted by molar-refractivity contribution is 6.30. The number of carbonyl (C=O) groups excluding carboxylic acids is 1. The summed E-state index contributed by atoms with van der Waals surface area (Å²) in [5, 5.41) is 6.54. The average Bonchev–Trinajstić information content (AvgIpc) is 3.10. The lowest BCUT2D eigenvalue weighted by atomic mass is 9.84. The maximum absolute atomic E-state index is 12.0. The first-order valence-electron chi connectivity index (χ1n) is 8.11. The van der Waals surface area contributed by atoms with Crippen molar-refractivity contribution in [3.05, 3.63) is 41.1 Å². The van der Waals surface area contributed by atoms with E-state index >= 15 is 0 Å². The molecule has 3 nitrogen and oxygen atoms in total. The predicted octanol–water partition coefficient (Wildman–Crippen LogP) is 4.43. The Morgan fingerprint density at radius 1 is 1.36 bits per heavy atom. The molecule has 2 amide bonds. The molecular formula is C18H23ClN2O. The van der Waals surface area contributed by atoms with Gasteiger partial charge in [-0.15, -0.1) is 0 Å². The molecule has 3 rings (SSSR count). The number of carbonyl (C=O) groups is 1. The van der Waals surface area contributed by atoms with Crippen LogP contribution in [0.15, 0.2) is 30.5 Å². The zero-order valence-electron chi connectivity index (χ0n) is 12.9. The number of urea groups is 1. The predicted molar refractivity (Wildman–Crippen MR) is 90.6 cm³/mol. The number of amides is 2. The Balaban J connectivity index is 1.46. The molecule has 1 aromatic carbocycles. The molecule has 0 saturated heterocycles. The molecule has 0 aromatic heterocycles. The van der Waals surface area contributed by atoms with Crippen LogP contribution in [0.1, 0.15) is 38.2 Å². The van der Waals surface area contributed by atoms with Crippen molar-refractivity contribution in [3.8, 4) is 0 Å². The van der Waals surface area contributed by atoms with Crippen molar-refractivity contribution in [2.75, 3.05) is 0 Å². The van der Waals surface area contributed by atoms with Gasteiger partial charge in [0.15, 0.2) is 0 Å². The van der Waals surface area contributed by atoms with Gasteiger partial charge >= 0.3 is 6.03 Å². The second-order valence-corrected chi connectivity index (χ2v) is 7.07. The van der Waals surface area contributed by atoms with Gasteiger partial charge in [-0.3, -0.25) is 0 Å². The van der Waals surface area contributed by atoms with Gasteiger partial charge in [-0.2, -0.15) is 0 Å². The second-order valence-electron chi connectivity index (χ2n) is 6.63. The molecule has 2 aliphatic carbocycles. The van der Waals surface area contributed by atoms with Crippen LogP contribution in [-0.2, 0) is 0 Å². The van der Waals surface area contributed by atoms with Crippen molar-refractivity contribution < 1.29 is 4.79 Å². The van der Waals surface area contributed by atoms with Gasteiger partial charge in [0.2, 0.25) is 0 Å². The molecule has 2 aliphatic rings. The number of halogens is 1. The van der Waals surface area contributed by atoms with E-state index < -0.39 is 0 Å². The smallest absolute Gasteiger partial charge is 0.318 e. The third-order valence-corrected chi connectivity index (χ3v) is 5.37. The number of nitrogens with one attached hydrogen (secondary N) is 2. The summed E-state index contributed by atoms with van der Waals surface area (Å²) in [5.41, 5.74) is 0.967. The fraction of sp³-hybridized carbons (Fsp3) is 0.500. The van der Waals surface area contributed by atoms with Crippen molar-refractivity contribution in [2.45, 2.75) is 38.6 Å². The third kappa shape index (κ3) is 3.64. The highest BCUT2D eigenvalue weighted by Crippen LogP contribution is 2.49. The molecular weight excluding hydrogens is 296 g/mol. The monoisotopic (exact) mass is 318 g/mol. The number of benzene rings is 1. The standard InChI is InChI=1S/C18H23ClN2O/c1-12(17-11-14-5-6-15(17)9-14)21-18(22)20-8-7-13-3-2-4-16(19)10-13/h2-4,7-8,10,12,14-15,17H,5-6,9,11H2,1H3,(H2,20,21,22)/b8-7+. The first-order valence-corrected chi connectivity index (χ1v) is 8.49.